The number of morpholine rings is 1. The SMILES string of the molecule is CC(=O)N1C2CC(OC(=O)C(O)(c3cccs3)c3cccs3)CC1C1OC12. The van der Waals surface area contributed by atoms with Gasteiger partial charge in [-0.2, -0.15) is 0 Å². The van der Waals surface area contributed by atoms with E-state index in [-0.39, 0.29) is 36.3 Å². The van der Waals surface area contributed by atoms with Gasteiger partial charge >= 0.3 is 5.97 Å². The fraction of sp³-hybridized carbons (Fsp3) is 0.474. The first kappa shape index (κ1) is 17.4. The Bertz CT molecular complexity index is 813. The molecule has 8 heteroatoms. The highest BCUT2D eigenvalue weighted by Gasteiger charge is 2.65. The monoisotopic (exact) mass is 405 g/mol. The van der Waals surface area contributed by atoms with Crippen LogP contribution in [0.1, 0.15) is 29.5 Å². The maximum Gasteiger partial charge on any atom is 0.349 e. The number of thiophene rings is 2. The van der Waals surface area contributed by atoms with E-state index in [4.69, 9.17) is 9.47 Å². The summed E-state index contributed by atoms with van der Waals surface area (Å²) >= 11 is 2.65. The van der Waals surface area contributed by atoms with Crippen molar-refractivity contribution in [3.05, 3.63) is 44.8 Å². The van der Waals surface area contributed by atoms with Gasteiger partial charge in [0.05, 0.1) is 21.8 Å². The predicted octanol–water partition coefficient (Wildman–Crippen LogP) is 2.12. The normalized spacial score (nSPS) is 31.5. The molecule has 3 saturated heterocycles. The van der Waals surface area contributed by atoms with E-state index in [1.165, 1.54) is 22.7 Å². The van der Waals surface area contributed by atoms with Crippen molar-refractivity contribution >= 4 is 34.6 Å². The summed E-state index contributed by atoms with van der Waals surface area (Å²) in [7, 11) is 0. The third kappa shape index (κ3) is 2.58. The second kappa shape index (κ2) is 6.13. The summed E-state index contributed by atoms with van der Waals surface area (Å²) in [5.41, 5.74) is -1.79. The highest BCUT2D eigenvalue weighted by atomic mass is 32.1. The Morgan fingerprint density at radius 2 is 1.70 bits per heavy atom. The second-order valence-corrected chi connectivity index (χ2v) is 9.19. The third-order valence-electron chi connectivity index (χ3n) is 5.73. The van der Waals surface area contributed by atoms with Gasteiger partial charge in [0.25, 0.3) is 0 Å². The summed E-state index contributed by atoms with van der Waals surface area (Å²) in [6, 6.07) is 7.03. The summed E-state index contributed by atoms with van der Waals surface area (Å²) in [5.74, 6) is -0.609. The van der Waals surface area contributed by atoms with E-state index in [2.05, 4.69) is 0 Å². The molecule has 5 heterocycles. The number of esters is 1. The molecule has 27 heavy (non-hydrogen) atoms. The fourth-order valence-corrected chi connectivity index (χ4v) is 6.25. The molecule has 2 bridgehead atoms. The quantitative estimate of drug-likeness (QED) is 0.623. The number of amides is 1. The van der Waals surface area contributed by atoms with Crippen molar-refractivity contribution < 1.29 is 24.2 Å². The first-order valence-corrected chi connectivity index (χ1v) is 10.7. The van der Waals surface area contributed by atoms with Gasteiger partial charge in [0.1, 0.15) is 18.3 Å². The fourth-order valence-electron chi connectivity index (χ4n) is 4.54. The van der Waals surface area contributed by atoms with Crippen LogP contribution >= 0.6 is 22.7 Å². The summed E-state index contributed by atoms with van der Waals surface area (Å²) in [4.78, 5) is 28.0. The lowest BCUT2D eigenvalue weighted by Gasteiger charge is -2.40. The van der Waals surface area contributed by atoms with Crippen molar-refractivity contribution in [2.24, 2.45) is 0 Å². The van der Waals surface area contributed by atoms with E-state index in [0.29, 0.717) is 22.6 Å². The van der Waals surface area contributed by atoms with Crippen LogP contribution in [0.2, 0.25) is 0 Å². The Balaban J connectivity index is 1.38. The highest BCUT2D eigenvalue weighted by Crippen LogP contribution is 2.49. The maximum atomic E-state index is 13.1. The van der Waals surface area contributed by atoms with E-state index in [1.807, 2.05) is 27.8 Å². The molecule has 3 aliphatic heterocycles. The van der Waals surface area contributed by atoms with E-state index < -0.39 is 11.6 Å². The van der Waals surface area contributed by atoms with Gasteiger partial charge in [-0.25, -0.2) is 4.79 Å². The number of hydrogen-bond donors (Lipinski definition) is 1. The minimum absolute atomic E-state index is 0.0410. The number of ether oxygens (including phenoxy) is 2. The minimum Gasteiger partial charge on any atom is -0.460 e. The molecule has 4 atom stereocenters. The van der Waals surface area contributed by atoms with Crippen LogP contribution in [-0.4, -0.2) is 52.3 Å². The maximum absolute atomic E-state index is 13.1. The molecule has 5 rings (SSSR count). The number of fused-ring (bicyclic) bond motifs is 5. The van der Waals surface area contributed by atoms with Gasteiger partial charge in [-0.3, -0.25) is 4.79 Å². The largest absolute Gasteiger partial charge is 0.460 e. The molecule has 3 fully saturated rings. The average Bonchev–Trinajstić information content (AvgIpc) is 3.04. The van der Waals surface area contributed by atoms with E-state index >= 15 is 0 Å². The van der Waals surface area contributed by atoms with Gasteiger partial charge in [-0.15, -0.1) is 22.7 Å². The van der Waals surface area contributed by atoms with Gasteiger partial charge in [-0.1, -0.05) is 12.1 Å². The Labute approximate surface area is 164 Å². The third-order valence-corrected chi connectivity index (χ3v) is 7.69. The standard InChI is InChI=1S/C19H19NO5S2/c1-10(21)20-12-8-11(9-13(20)17-16(12)25-17)24-18(22)19(23,14-4-2-6-26-14)15-5-3-7-27-15/h2-7,11-13,16-17,23H,8-9H2,1H3. The number of nitrogens with zero attached hydrogens (tertiary/aromatic N) is 1. The number of epoxide rings is 1. The van der Waals surface area contributed by atoms with Gasteiger partial charge < -0.3 is 19.5 Å². The van der Waals surface area contributed by atoms with E-state index in [0.717, 1.165) is 0 Å². The number of piperidine rings is 1. The first-order chi connectivity index (χ1) is 13.0. The zero-order valence-corrected chi connectivity index (χ0v) is 16.2. The molecular formula is C19H19NO5S2. The van der Waals surface area contributed by atoms with Crippen molar-refractivity contribution in [2.75, 3.05) is 0 Å². The van der Waals surface area contributed by atoms with Crippen molar-refractivity contribution in [1.82, 2.24) is 4.90 Å². The molecule has 3 aliphatic rings. The van der Waals surface area contributed by atoms with Gasteiger partial charge in [0.15, 0.2) is 0 Å². The lowest BCUT2D eigenvalue weighted by atomic mass is 9.96. The van der Waals surface area contributed by atoms with Crippen molar-refractivity contribution in [1.29, 1.82) is 0 Å². The van der Waals surface area contributed by atoms with Gasteiger partial charge in [0.2, 0.25) is 11.5 Å². The lowest BCUT2D eigenvalue weighted by molar-refractivity contribution is -0.172. The van der Waals surface area contributed by atoms with E-state index in [1.54, 1.807) is 19.1 Å². The zero-order chi connectivity index (χ0) is 18.8. The number of hydrogen-bond acceptors (Lipinski definition) is 7. The van der Waals surface area contributed by atoms with Gasteiger partial charge in [0, 0.05) is 19.8 Å². The van der Waals surface area contributed by atoms with Crippen LogP contribution < -0.4 is 0 Å². The lowest BCUT2D eigenvalue weighted by Crippen LogP contribution is -2.53. The van der Waals surface area contributed by atoms with Crippen LogP contribution in [0.15, 0.2) is 35.0 Å². The van der Waals surface area contributed by atoms with Crippen LogP contribution in [-0.2, 0) is 24.7 Å². The highest BCUT2D eigenvalue weighted by molar-refractivity contribution is 7.12. The summed E-state index contributed by atoms with van der Waals surface area (Å²) in [6.45, 7) is 1.57. The minimum atomic E-state index is -1.79. The summed E-state index contributed by atoms with van der Waals surface area (Å²) in [5, 5.41) is 15.0. The number of aliphatic hydroxyl groups is 1. The molecule has 6 nitrogen and oxygen atoms in total. The number of rotatable bonds is 4. The number of carbonyl (C=O) groups excluding carboxylic acids is 2. The molecule has 1 N–H and O–H groups in total. The molecule has 2 aromatic rings. The smallest absolute Gasteiger partial charge is 0.349 e. The van der Waals surface area contributed by atoms with Crippen molar-refractivity contribution in [3.8, 4) is 0 Å². The number of carbonyl (C=O) groups is 2. The molecule has 0 saturated carbocycles. The molecule has 2 aromatic heterocycles. The van der Waals surface area contributed by atoms with Crippen LogP contribution in [0.25, 0.3) is 0 Å². The Kier molecular flexibility index (Phi) is 3.94. The molecule has 1 amide bonds. The molecular weight excluding hydrogens is 386 g/mol. The Morgan fingerprint density at radius 1 is 1.15 bits per heavy atom. The molecule has 142 valence electrons. The van der Waals surface area contributed by atoms with Crippen molar-refractivity contribution in [2.45, 2.75) is 55.8 Å². The van der Waals surface area contributed by atoms with E-state index in [9.17, 15) is 14.7 Å². The first-order valence-electron chi connectivity index (χ1n) is 8.96. The molecule has 0 radical (unpaired) electrons. The van der Waals surface area contributed by atoms with Crippen LogP contribution in [0.5, 0.6) is 0 Å². The van der Waals surface area contributed by atoms with Crippen LogP contribution in [0, 0.1) is 0 Å². The molecule has 0 spiro atoms. The molecule has 4 unspecified atom stereocenters. The predicted molar refractivity (Wildman–Crippen MR) is 99.5 cm³/mol. The second-order valence-electron chi connectivity index (χ2n) is 7.29. The topological polar surface area (TPSA) is 79.4 Å². The summed E-state index contributed by atoms with van der Waals surface area (Å²) < 4.78 is 11.5. The Hall–Kier alpha value is -1.74. The Morgan fingerprint density at radius 3 is 2.15 bits per heavy atom. The van der Waals surface area contributed by atoms with Crippen molar-refractivity contribution in [3.63, 3.8) is 0 Å². The zero-order valence-electron chi connectivity index (χ0n) is 14.6. The van der Waals surface area contributed by atoms with Gasteiger partial charge in [-0.05, 0) is 22.9 Å². The summed E-state index contributed by atoms with van der Waals surface area (Å²) in [6.07, 6.45) is 0.903. The molecule has 0 aromatic carbocycles. The molecule has 0 aliphatic carbocycles. The van der Waals surface area contributed by atoms with Crippen LogP contribution in [0.3, 0.4) is 0 Å². The van der Waals surface area contributed by atoms with Crippen LogP contribution in [0.4, 0.5) is 0 Å². The average molecular weight is 405 g/mol.